The number of rotatable bonds is 5. The van der Waals surface area contributed by atoms with E-state index in [4.69, 9.17) is 15.0 Å². The fourth-order valence-electron chi connectivity index (χ4n) is 1.26. The number of ether oxygens (including phenoxy) is 1. The summed E-state index contributed by atoms with van der Waals surface area (Å²) in [7, 11) is 1.64. The first-order valence-corrected chi connectivity index (χ1v) is 5.59. The SMILES string of the molecule is CCC(C)(OC)c1noc([C@@H](N)C(C)C)n1. The van der Waals surface area contributed by atoms with Gasteiger partial charge >= 0.3 is 0 Å². The molecular formula is C11H21N3O2. The molecule has 0 spiro atoms. The second-order valence-electron chi connectivity index (χ2n) is 4.51. The highest BCUT2D eigenvalue weighted by atomic mass is 16.5. The Labute approximate surface area is 96.4 Å². The van der Waals surface area contributed by atoms with Crippen LogP contribution in [0.25, 0.3) is 0 Å². The Bertz CT molecular complexity index is 332. The average molecular weight is 227 g/mol. The highest BCUT2D eigenvalue weighted by Crippen LogP contribution is 2.27. The predicted octanol–water partition coefficient (Wildman–Crippen LogP) is 2.00. The van der Waals surface area contributed by atoms with Gasteiger partial charge in [0, 0.05) is 7.11 Å². The molecule has 5 nitrogen and oxygen atoms in total. The Morgan fingerprint density at radius 3 is 2.56 bits per heavy atom. The molecule has 0 saturated carbocycles. The number of nitrogens with two attached hydrogens (primary N) is 1. The van der Waals surface area contributed by atoms with Gasteiger partial charge in [-0.25, -0.2) is 0 Å². The normalized spacial score (nSPS) is 17.4. The summed E-state index contributed by atoms with van der Waals surface area (Å²) in [4.78, 5) is 4.32. The van der Waals surface area contributed by atoms with Crippen molar-refractivity contribution in [3.8, 4) is 0 Å². The predicted molar refractivity (Wildman–Crippen MR) is 60.7 cm³/mol. The summed E-state index contributed by atoms with van der Waals surface area (Å²) >= 11 is 0. The Morgan fingerprint density at radius 2 is 2.12 bits per heavy atom. The highest BCUT2D eigenvalue weighted by molar-refractivity contribution is 5.01. The molecule has 0 saturated heterocycles. The maximum Gasteiger partial charge on any atom is 0.243 e. The largest absolute Gasteiger partial charge is 0.370 e. The number of nitrogens with zero attached hydrogens (tertiary/aromatic N) is 2. The summed E-state index contributed by atoms with van der Waals surface area (Å²) < 4.78 is 10.6. The van der Waals surface area contributed by atoms with Crippen LogP contribution in [0.4, 0.5) is 0 Å². The van der Waals surface area contributed by atoms with Crippen molar-refractivity contribution in [2.24, 2.45) is 11.7 Å². The lowest BCUT2D eigenvalue weighted by Gasteiger charge is -2.21. The van der Waals surface area contributed by atoms with Crippen LogP contribution in [0.15, 0.2) is 4.52 Å². The smallest absolute Gasteiger partial charge is 0.243 e. The quantitative estimate of drug-likeness (QED) is 0.832. The van der Waals surface area contributed by atoms with Crippen molar-refractivity contribution in [1.29, 1.82) is 0 Å². The minimum absolute atomic E-state index is 0.223. The van der Waals surface area contributed by atoms with E-state index in [0.29, 0.717) is 11.7 Å². The van der Waals surface area contributed by atoms with Gasteiger partial charge in [0.25, 0.3) is 0 Å². The van der Waals surface area contributed by atoms with Crippen LogP contribution in [-0.4, -0.2) is 17.3 Å². The number of aromatic nitrogens is 2. The molecule has 0 bridgehead atoms. The van der Waals surface area contributed by atoms with Gasteiger partial charge < -0.3 is 15.0 Å². The lowest BCUT2D eigenvalue weighted by Crippen LogP contribution is -2.25. The third-order valence-electron chi connectivity index (χ3n) is 3.04. The molecule has 1 aromatic heterocycles. The third kappa shape index (κ3) is 2.41. The van der Waals surface area contributed by atoms with Crippen LogP contribution in [0, 0.1) is 5.92 Å². The van der Waals surface area contributed by atoms with Crippen LogP contribution in [0.1, 0.15) is 51.9 Å². The van der Waals surface area contributed by atoms with Crippen LogP contribution in [0.5, 0.6) is 0 Å². The molecule has 2 atom stereocenters. The molecule has 0 amide bonds. The molecule has 1 rings (SSSR count). The van der Waals surface area contributed by atoms with Crippen molar-refractivity contribution in [2.45, 2.75) is 45.8 Å². The zero-order chi connectivity index (χ0) is 12.3. The molecule has 0 aliphatic rings. The molecule has 16 heavy (non-hydrogen) atoms. The van der Waals surface area contributed by atoms with Gasteiger partial charge in [-0.2, -0.15) is 4.98 Å². The molecule has 0 aliphatic carbocycles. The van der Waals surface area contributed by atoms with Crippen molar-refractivity contribution in [1.82, 2.24) is 10.1 Å². The van der Waals surface area contributed by atoms with E-state index in [2.05, 4.69) is 10.1 Å². The van der Waals surface area contributed by atoms with Gasteiger partial charge in [0.2, 0.25) is 11.7 Å². The lowest BCUT2D eigenvalue weighted by molar-refractivity contribution is -0.0106. The summed E-state index contributed by atoms with van der Waals surface area (Å²) in [5.41, 5.74) is 5.44. The van der Waals surface area contributed by atoms with Gasteiger partial charge in [-0.15, -0.1) is 0 Å². The molecule has 92 valence electrons. The second-order valence-corrected chi connectivity index (χ2v) is 4.51. The van der Waals surface area contributed by atoms with Gasteiger partial charge in [-0.05, 0) is 19.3 Å². The van der Waals surface area contributed by atoms with Crippen molar-refractivity contribution in [3.63, 3.8) is 0 Å². The molecule has 1 heterocycles. The van der Waals surface area contributed by atoms with Crippen LogP contribution in [-0.2, 0) is 10.3 Å². The molecule has 0 aliphatic heterocycles. The zero-order valence-corrected chi connectivity index (χ0v) is 10.7. The van der Waals surface area contributed by atoms with Gasteiger partial charge in [0.1, 0.15) is 5.60 Å². The van der Waals surface area contributed by atoms with Crippen molar-refractivity contribution in [2.75, 3.05) is 7.11 Å². The van der Waals surface area contributed by atoms with Crippen molar-refractivity contribution in [3.05, 3.63) is 11.7 Å². The van der Waals surface area contributed by atoms with E-state index in [0.717, 1.165) is 6.42 Å². The van der Waals surface area contributed by atoms with E-state index < -0.39 is 5.60 Å². The minimum atomic E-state index is -0.502. The molecule has 1 aromatic rings. The summed E-state index contributed by atoms with van der Waals surface area (Å²) in [6.07, 6.45) is 0.777. The molecule has 2 N–H and O–H groups in total. The topological polar surface area (TPSA) is 74.2 Å². The molecule has 0 aromatic carbocycles. The Balaban J connectivity index is 2.94. The summed E-state index contributed by atoms with van der Waals surface area (Å²) in [6.45, 7) is 7.98. The van der Waals surface area contributed by atoms with E-state index in [1.54, 1.807) is 7.11 Å². The monoisotopic (exact) mass is 227 g/mol. The first-order chi connectivity index (χ1) is 7.44. The first kappa shape index (κ1) is 13.1. The van der Waals surface area contributed by atoms with Crippen molar-refractivity contribution >= 4 is 0 Å². The van der Waals surface area contributed by atoms with Gasteiger partial charge in [0.05, 0.1) is 6.04 Å². The Hall–Kier alpha value is -0.940. The van der Waals surface area contributed by atoms with E-state index in [1.807, 2.05) is 27.7 Å². The standard InChI is InChI=1S/C11H21N3O2/c1-6-11(4,15-5)10-13-9(16-14-10)8(12)7(2)3/h7-8H,6,12H2,1-5H3/t8-,11?/m0/s1. The molecule has 1 unspecified atom stereocenters. The van der Waals surface area contributed by atoms with Crippen LogP contribution in [0.3, 0.4) is 0 Å². The van der Waals surface area contributed by atoms with Crippen LogP contribution in [0.2, 0.25) is 0 Å². The van der Waals surface area contributed by atoms with Gasteiger partial charge in [-0.1, -0.05) is 25.9 Å². The first-order valence-electron chi connectivity index (χ1n) is 5.59. The number of methoxy groups -OCH3 is 1. The highest BCUT2D eigenvalue weighted by Gasteiger charge is 2.31. The lowest BCUT2D eigenvalue weighted by atomic mass is 10.0. The summed E-state index contributed by atoms with van der Waals surface area (Å²) in [5, 5.41) is 3.94. The molecule has 0 radical (unpaired) electrons. The minimum Gasteiger partial charge on any atom is -0.370 e. The van der Waals surface area contributed by atoms with Gasteiger partial charge in [-0.3, -0.25) is 0 Å². The second kappa shape index (κ2) is 4.93. The maximum atomic E-state index is 5.94. The van der Waals surface area contributed by atoms with Gasteiger partial charge in [0.15, 0.2) is 0 Å². The van der Waals surface area contributed by atoms with E-state index >= 15 is 0 Å². The van der Waals surface area contributed by atoms with Crippen LogP contribution < -0.4 is 5.73 Å². The zero-order valence-electron chi connectivity index (χ0n) is 10.7. The fourth-order valence-corrected chi connectivity index (χ4v) is 1.26. The molecular weight excluding hydrogens is 206 g/mol. The van der Waals surface area contributed by atoms with Crippen LogP contribution >= 0.6 is 0 Å². The molecule has 0 fully saturated rings. The Morgan fingerprint density at radius 1 is 1.50 bits per heavy atom. The number of hydrogen-bond donors (Lipinski definition) is 1. The Kier molecular flexibility index (Phi) is 4.04. The van der Waals surface area contributed by atoms with E-state index in [9.17, 15) is 0 Å². The van der Waals surface area contributed by atoms with E-state index in [1.165, 1.54) is 0 Å². The molecule has 5 heteroatoms. The fraction of sp³-hybridized carbons (Fsp3) is 0.818. The third-order valence-corrected chi connectivity index (χ3v) is 3.04. The number of hydrogen-bond acceptors (Lipinski definition) is 5. The summed E-state index contributed by atoms with van der Waals surface area (Å²) in [5.74, 6) is 1.30. The van der Waals surface area contributed by atoms with E-state index in [-0.39, 0.29) is 12.0 Å². The average Bonchev–Trinajstić information content (AvgIpc) is 2.76. The maximum absolute atomic E-state index is 5.94. The van der Waals surface area contributed by atoms with Crippen molar-refractivity contribution < 1.29 is 9.26 Å². The summed E-state index contributed by atoms with van der Waals surface area (Å²) in [6, 6.07) is -0.223.